The highest BCUT2D eigenvalue weighted by atomic mass is 32.2. The molecule has 2 aromatic carbocycles. The van der Waals surface area contributed by atoms with Crippen LogP contribution in [0.15, 0.2) is 42.5 Å². The van der Waals surface area contributed by atoms with Crippen molar-refractivity contribution in [1.29, 1.82) is 0 Å². The number of amides is 1. The van der Waals surface area contributed by atoms with Crippen molar-refractivity contribution in [2.75, 3.05) is 35.1 Å². The van der Waals surface area contributed by atoms with E-state index >= 15 is 0 Å². The second-order valence-corrected chi connectivity index (χ2v) is 10.7. The Morgan fingerprint density at radius 1 is 1.13 bits per heavy atom. The maximum atomic E-state index is 12.5. The molecule has 1 N–H and O–H groups in total. The molecule has 168 valence electrons. The smallest absolute Gasteiger partial charge is 0.241 e. The molecule has 1 amide bonds. The van der Waals surface area contributed by atoms with Gasteiger partial charge in [-0.3, -0.25) is 9.10 Å². The molecule has 31 heavy (non-hydrogen) atoms. The van der Waals surface area contributed by atoms with E-state index < -0.39 is 10.0 Å². The van der Waals surface area contributed by atoms with Crippen LogP contribution in [-0.4, -0.2) is 40.2 Å². The van der Waals surface area contributed by atoms with E-state index in [1.165, 1.54) is 18.5 Å². The predicted octanol–water partition coefficient (Wildman–Crippen LogP) is 3.62. The van der Waals surface area contributed by atoms with Gasteiger partial charge in [-0.05, 0) is 73.6 Å². The van der Waals surface area contributed by atoms with Crippen LogP contribution in [0.1, 0.15) is 36.5 Å². The third kappa shape index (κ3) is 6.47. The quantitative estimate of drug-likeness (QED) is 0.710. The van der Waals surface area contributed by atoms with Gasteiger partial charge in [-0.25, -0.2) is 8.42 Å². The zero-order valence-electron chi connectivity index (χ0n) is 18.9. The van der Waals surface area contributed by atoms with Gasteiger partial charge in [-0.2, -0.15) is 0 Å². The number of rotatable bonds is 7. The van der Waals surface area contributed by atoms with E-state index in [4.69, 9.17) is 0 Å². The van der Waals surface area contributed by atoms with Crippen LogP contribution in [0.25, 0.3) is 0 Å². The van der Waals surface area contributed by atoms with Crippen molar-refractivity contribution in [3.63, 3.8) is 0 Å². The number of aryl methyl sites for hydroxylation is 2. The maximum Gasteiger partial charge on any atom is 0.241 e. The van der Waals surface area contributed by atoms with E-state index in [1.807, 2.05) is 32.0 Å². The molecule has 0 spiro atoms. The Hall–Kier alpha value is -2.54. The number of carbonyl (C=O) groups excluding carboxylic acids is 1. The molecular weight excluding hydrogens is 410 g/mol. The predicted molar refractivity (Wildman–Crippen MR) is 127 cm³/mol. The minimum Gasteiger partial charge on any atom is -0.371 e. The van der Waals surface area contributed by atoms with Crippen molar-refractivity contribution in [3.05, 3.63) is 59.2 Å². The third-order valence-corrected chi connectivity index (χ3v) is 6.77. The van der Waals surface area contributed by atoms with Crippen molar-refractivity contribution in [1.82, 2.24) is 5.32 Å². The number of hydrogen-bond donors (Lipinski definition) is 1. The summed E-state index contributed by atoms with van der Waals surface area (Å²) in [4.78, 5) is 14.9. The Morgan fingerprint density at radius 2 is 1.77 bits per heavy atom. The van der Waals surface area contributed by atoms with Crippen LogP contribution in [0.5, 0.6) is 0 Å². The molecule has 0 saturated carbocycles. The zero-order valence-corrected chi connectivity index (χ0v) is 19.7. The third-order valence-electron chi connectivity index (χ3n) is 5.63. The van der Waals surface area contributed by atoms with Crippen LogP contribution in [0.2, 0.25) is 0 Å². The highest BCUT2D eigenvalue weighted by Crippen LogP contribution is 2.23. The normalized spacial score (nSPS) is 16.8. The van der Waals surface area contributed by atoms with Crippen LogP contribution in [0.3, 0.4) is 0 Å². The zero-order chi connectivity index (χ0) is 22.6. The number of anilines is 2. The largest absolute Gasteiger partial charge is 0.371 e. The molecule has 1 unspecified atom stereocenters. The molecule has 0 aliphatic carbocycles. The average molecular weight is 444 g/mol. The van der Waals surface area contributed by atoms with Crippen LogP contribution >= 0.6 is 0 Å². The first-order chi connectivity index (χ1) is 14.6. The summed E-state index contributed by atoms with van der Waals surface area (Å²) in [5, 5.41) is 2.85. The van der Waals surface area contributed by atoms with Gasteiger partial charge in [0.1, 0.15) is 6.54 Å². The number of hydrogen-bond acceptors (Lipinski definition) is 4. The summed E-state index contributed by atoms with van der Waals surface area (Å²) in [6.45, 7) is 8.38. The first kappa shape index (κ1) is 23.1. The second-order valence-electron chi connectivity index (χ2n) is 8.75. The van der Waals surface area contributed by atoms with Crippen molar-refractivity contribution >= 4 is 27.3 Å². The molecule has 7 heteroatoms. The molecular formula is C24H33N3O3S. The first-order valence-corrected chi connectivity index (χ1v) is 12.6. The van der Waals surface area contributed by atoms with Gasteiger partial charge in [-0.1, -0.05) is 25.1 Å². The summed E-state index contributed by atoms with van der Waals surface area (Å²) in [5.74, 6) is 0.376. The Kier molecular flexibility index (Phi) is 7.26. The fraction of sp³-hybridized carbons (Fsp3) is 0.458. The molecule has 1 saturated heterocycles. The minimum absolute atomic E-state index is 0.245. The molecule has 3 rings (SSSR count). The molecule has 6 nitrogen and oxygen atoms in total. The van der Waals surface area contributed by atoms with E-state index in [-0.39, 0.29) is 12.5 Å². The van der Waals surface area contributed by atoms with Gasteiger partial charge in [0.25, 0.3) is 0 Å². The van der Waals surface area contributed by atoms with Crippen LogP contribution in [0, 0.1) is 19.8 Å². The maximum absolute atomic E-state index is 12.5. The van der Waals surface area contributed by atoms with E-state index in [1.54, 1.807) is 12.1 Å². The van der Waals surface area contributed by atoms with Crippen molar-refractivity contribution in [2.24, 2.45) is 5.92 Å². The lowest BCUT2D eigenvalue weighted by atomic mass is 9.99. The van der Waals surface area contributed by atoms with Crippen LogP contribution < -0.4 is 14.5 Å². The highest BCUT2D eigenvalue weighted by molar-refractivity contribution is 7.92. The van der Waals surface area contributed by atoms with E-state index in [9.17, 15) is 13.2 Å². The van der Waals surface area contributed by atoms with Crippen molar-refractivity contribution in [2.45, 2.75) is 40.2 Å². The molecule has 1 heterocycles. The molecule has 1 aliphatic rings. The molecule has 0 bridgehead atoms. The Bertz CT molecular complexity index is 999. The summed E-state index contributed by atoms with van der Waals surface area (Å²) < 4.78 is 25.8. The number of sulfonamides is 1. The number of piperidine rings is 1. The van der Waals surface area contributed by atoms with Gasteiger partial charge in [-0.15, -0.1) is 0 Å². The van der Waals surface area contributed by atoms with E-state index in [0.29, 0.717) is 18.2 Å². The monoisotopic (exact) mass is 443 g/mol. The Labute approximate surface area is 186 Å². The summed E-state index contributed by atoms with van der Waals surface area (Å²) in [6.07, 6.45) is 3.63. The molecule has 0 aromatic heterocycles. The number of nitrogens with one attached hydrogen (secondary N) is 1. The van der Waals surface area contributed by atoms with E-state index in [0.717, 1.165) is 40.3 Å². The van der Waals surface area contributed by atoms with Crippen LogP contribution in [0.4, 0.5) is 11.4 Å². The van der Waals surface area contributed by atoms with Crippen molar-refractivity contribution < 1.29 is 13.2 Å². The molecule has 2 aromatic rings. The minimum atomic E-state index is -3.59. The topological polar surface area (TPSA) is 69.7 Å². The summed E-state index contributed by atoms with van der Waals surface area (Å²) in [6, 6.07) is 13.8. The Balaban J connectivity index is 1.61. The lowest BCUT2D eigenvalue weighted by molar-refractivity contribution is -0.119. The van der Waals surface area contributed by atoms with E-state index in [2.05, 4.69) is 29.3 Å². The molecule has 0 radical (unpaired) electrons. The number of benzene rings is 2. The molecule has 1 aliphatic heterocycles. The van der Waals surface area contributed by atoms with Crippen LogP contribution in [-0.2, 0) is 21.4 Å². The van der Waals surface area contributed by atoms with Gasteiger partial charge in [0.05, 0.1) is 11.9 Å². The Morgan fingerprint density at radius 3 is 2.35 bits per heavy atom. The summed E-state index contributed by atoms with van der Waals surface area (Å²) in [7, 11) is -3.59. The second kappa shape index (κ2) is 9.73. The van der Waals surface area contributed by atoms with Gasteiger partial charge in [0.2, 0.25) is 15.9 Å². The van der Waals surface area contributed by atoms with Gasteiger partial charge in [0.15, 0.2) is 0 Å². The molecule has 1 fully saturated rings. The fourth-order valence-corrected chi connectivity index (χ4v) is 4.97. The first-order valence-electron chi connectivity index (χ1n) is 10.8. The van der Waals surface area contributed by atoms with Crippen molar-refractivity contribution in [3.8, 4) is 0 Å². The molecule has 1 atom stereocenters. The SMILES string of the molecule is Cc1cc(C)cc(N(CC(=O)NCc2ccc(N3CCCC(C)C3)cc2)S(C)(=O)=O)c1. The summed E-state index contributed by atoms with van der Waals surface area (Å²) in [5.41, 5.74) is 4.61. The fourth-order valence-electron chi connectivity index (χ4n) is 4.13. The number of nitrogens with zero attached hydrogens (tertiary/aromatic N) is 2. The average Bonchev–Trinajstić information content (AvgIpc) is 2.69. The van der Waals surface area contributed by atoms with Gasteiger partial charge < -0.3 is 10.2 Å². The van der Waals surface area contributed by atoms with Gasteiger partial charge >= 0.3 is 0 Å². The number of carbonyl (C=O) groups is 1. The summed E-state index contributed by atoms with van der Waals surface area (Å²) >= 11 is 0. The highest BCUT2D eigenvalue weighted by Gasteiger charge is 2.21. The lowest BCUT2D eigenvalue weighted by Crippen LogP contribution is -2.40. The van der Waals surface area contributed by atoms with Gasteiger partial charge in [0, 0.05) is 25.3 Å². The lowest BCUT2D eigenvalue weighted by Gasteiger charge is -2.32. The standard InChI is InChI=1S/C24H33N3O3S/c1-18-6-5-11-26(16-18)22-9-7-21(8-10-22)15-25-24(28)17-27(31(4,29)30)23-13-19(2)12-20(3)14-23/h7-10,12-14,18H,5-6,11,15-17H2,1-4H3,(H,25,28).